The Balaban J connectivity index is 1.89. The van der Waals surface area contributed by atoms with Crippen molar-refractivity contribution < 1.29 is 9.59 Å². The summed E-state index contributed by atoms with van der Waals surface area (Å²) in [5.41, 5.74) is 3.39. The van der Waals surface area contributed by atoms with E-state index in [2.05, 4.69) is 33.0 Å². The van der Waals surface area contributed by atoms with Crippen molar-refractivity contribution in [2.24, 2.45) is 5.92 Å². The van der Waals surface area contributed by atoms with Crippen molar-refractivity contribution >= 4 is 0 Å². The first-order valence-corrected chi connectivity index (χ1v) is 9.15. The Labute approximate surface area is 134 Å². The molecule has 1 saturated carbocycles. The molecule has 2 aliphatic carbocycles. The Morgan fingerprint density at radius 1 is 1.23 bits per heavy atom. The molecule has 3 aliphatic rings. The number of likely N-dealkylation sites (N-methyl/N-ethyl adjacent to an activating group) is 1. The molecule has 4 rings (SSSR count). The quantitative estimate of drug-likeness (QED) is 0.777. The van der Waals surface area contributed by atoms with Crippen LogP contribution in [-0.2, 0) is 11.8 Å². The monoisotopic (exact) mass is 300 g/mol. The Bertz CT molecular complexity index is 595. The van der Waals surface area contributed by atoms with Crippen LogP contribution in [0.4, 0.5) is 0 Å². The van der Waals surface area contributed by atoms with Crippen molar-refractivity contribution in [2.75, 3.05) is 13.6 Å². The molecule has 3 unspecified atom stereocenters. The lowest BCUT2D eigenvalue weighted by Crippen LogP contribution is -2.70. The highest BCUT2D eigenvalue weighted by molar-refractivity contribution is 5.44. The summed E-state index contributed by atoms with van der Waals surface area (Å²) >= 11 is 0. The van der Waals surface area contributed by atoms with Crippen LogP contribution in [0.1, 0.15) is 57.1 Å². The van der Waals surface area contributed by atoms with Crippen LogP contribution >= 0.6 is 0 Å². The lowest BCUT2D eigenvalue weighted by Gasteiger charge is -2.62. The second-order valence-electron chi connectivity index (χ2n) is 8.54. The molecule has 1 aromatic rings. The van der Waals surface area contributed by atoms with E-state index in [4.69, 9.17) is 0 Å². The maximum atomic E-state index is 10.1. The van der Waals surface area contributed by atoms with Gasteiger partial charge < -0.3 is 9.59 Å². The molecule has 2 nitrogen and oxygen atoms in total. The van der Waals surface area contributed by atoms with Crippen molar-refractivity contribution in [3.05, 3.63) is 29.3 Å². The van der Waals surface area contributed by atoms with Crippen LogP contribution in [0.3, 0.4) is 0 Å². The third kappa shape index (κ3) is 1.76. The topological polar surface area (TPSA) is 20.2 Å². The Kier molecular flexibility index (Phi) is 3.14. The van der Waals surface area contributed by atoms with E-state index in [9.17, 15) is 5.11 Å². The minimum absolute atomic E-state index is 0.363. The molecular formula is C20H30NO+. The maximum absolute atomic E-state index is 10.1. The van der Waals surface area contributed by atoms with E-state index < -0.39 is 0 Å². The highest BCUT2D eigenvalue weighted by atomic mass is 16.3. The van der Waals surface area contributed by atoms with Crippen molar-refractivity contribution in [2.45, 2.75) is 69.9 Å². The van der Waals surface area contributed by atoms with Gasteiger partial charge in [-0.2, -0.15) is 0 Å². The SMILES string of the molecule is CC(C)[N+]1(C)CC[C@]23CCCCC2C1Cc1ccc(O)cc13. The van der Waals surface area contributed by atoms with E-state index in [0.29, 0.717) is 17.2 Å². The predicted molar refractivity (Wildman–Crippen MR) is 90.0 cm³/mol. The molecule has 2 fully saturated rings. The van der Waals surface area contributed by atoms with Crippen LogP contribution in [0, 0.1) is 5.92 Å². The Morgan fingerprint density at radius 3 is 2.82 bits per heavy atom. The van der Waals surface area contributed by atoms with Gasteiger partial charge in [-0.3, -0.25) is 0 Å². The molecule has 1 N–H and O–H groups in total. The van der Waals surface area contributed by atoms with Crippen LogP contribution in [0.2, 0.25) is 0 Å². The van der Waals surface area contributed by atoms with Gasteiger partial charge in [0.1, 0.15) is 5.75 Å². The molecule has 2 heteroatoms. The smallest absolute Gasteiger partial charge is 0.115 e. The highest BCUT2D eigenvalue weighted by Crippen LogP contribution is 2.57. The van der Waals surface area contributed by atoms with Crippen molar-refractivity contribution in [3.8, 4) is 5.75 Å². The fraction of sp³-hybridized carbons (Fsp3) is 0.700. The average Bonchev–Trinajstić information content (AvgIpc) is 2.51. The summed E-state index contributed by atoms with van der Waals surface area (Å²) in [6, 6.07) is 7.68. The number of hydrogen-bond donors (Lipinski definition) is 1. The number of benzene rings is 1. The summed E-state index contributed by atoms with van der Waals surface area (Å²) in [6.45, 7) is 6.11. The van der Waals surface area contributed by atoms with Crippen LogP contribution in [0.5, 0.6) is 5.75 Å². The molecule has 120 valence electrons. The van der Waals surface area contributed by atoms with Gasteiger partial charge >= 0.3 is 0 Å². The largest absolute Gasteiger partial charge is 0.508 e. The van der Waals surface area contributed by atoms with Crippen LogP contribution in [-0.4, -0.2) is 35.3 Å². The number of piperidine rings is 1. The van der Waals surface area contributed by atoms with Gasteiger partial charge in [0.25, 0.3) is 0 Å². The van der Waals surface area contributed by atoms with Crippen LogP contribution in [0.15, 0.2) is 18.2 Å². The number of hydrogen-bond acceptors (Lipinski definition) is 1. The van der Waals surface area contributed by atoms with Crippen LogP contribution < -0.4 is 0 Å². The molecule has 1 heterocycles. The normalized spacial score (nSPS) is 40.2. The Hall–Kier alpha value is -1.02. The van der Waals surface area contributed by atoms with Gasteiger partial charge in [-0.05, 0) is 49.9 Å². The van der Waals surface area contributed by atoms with E-state index in [0.717, 1.165) is 12.0 Å². The average molecular weight is 300 g/mol. The number of rotatable bonds is 1. The molecule has 1 saturated heterocycles. The first kappa shape index (κ1) is 14.6. The number of nitrogens with zero attached hydrogens (tertiary/aromatic N) is 1. The van der Waals surface area contributed by atoms with Crippen molar-refractivity contribution in [1.82, 2.24) is 0 Å². The first-order valence-electron chi connectivity index (χ1n) is 9.15. The number of phenolic OH excluding ortho intramolecular Hbond substituents is 1. The molecule has 2 bridgehead atoms. The minimum atomic E-state index is 0.363. The zero-order valence-electron chi connectivity index (χ0n) is 14.3. The lowest BCUT2D eigenvalue weighted by molar-refractivity contribution is -0.963. The van der Waals surface area contributed by atoms with Gasteiger partial charge in [-0.1, -0.05) is 18.9 Å². The number of fused-ring (bicyclic) bond motifs is 1. The van der Waals surface area contributed by atoms with E-state index >= 15 is 0 Å². The zero-order chi connectivity index (χ0) is 15.5. The van der Waals surface area contributed by atoms with Gasteiger partial charge in [0.15, 0.2) is 0 Å². The first-order chi connectivity index (χ1) is 10.5. The van der Waals surface area contributed by atoms with E-state index in [-0.39, 0.29) is 0 Å². The summed E-state index contributed by atoms with van der Waals surface area (Å²) in [4.78, 5) is 0. The summed E-state index contributed by atoms with van der Waals surface area (Å²) in [6.07, 6.45) is 8.00. The number of aromatic hydroxyl groups is 1. The third-order valence-electron chi connectivity index (χ3n) is 7.60. The molecule has 0 amide bonds. The standard InChI is InChI=1S/C20H29NO/c1-14(2)21(3)11-10-20-9-5-4-6-17(20)19(21)12-15-7-8-16(22)13-18(15)20/h7-8,13-14,17,19H,4-6,9-12H2,1-3H3/p+1/t17?,19?,20-,21?/m1/s1. The Morgan fingerprint density at radius 2 is 2.05 bits per heavy atom. The fourth-order valence-electron chi connectivity index (χ4n) is 6.05. The summed E-state index contributed by atoms with van der Waals surface area (Å²) in [5.74, 6) is 1.28. The molecule has 1 aliphatic heterocycles. The van der Waals surface area contributed by atoms with Gasteiger partial charge in [-0.15, -0.1) is 0 Å². The molecular weight excluding hydrogens is 270 g/mol. The highest BCUT2D eigenvalue weighted by Gasteiger charge is 2.59. The maximum Gasteiger partial charge on any atom is 0.115 e. The summed E-state index contributed by atoms with van der Waals surface area (Å²) in [7, 11) is 2.50. The van der Waals surface area contributed by atoms with Gasteiger partial charge in [0, 0.05) is 24.2 Å². The molecule has 1 aromatic carbocycles. The van der Waals surface area contributed by atoms with Crippen molar-refractivity contribution in [3.63, 3.8) is 0 Å². The molecule has 0 aromatic heterocycles. The second kappa shape index (κ2) is 4.74. The van der Waals surface area contributed by atoms with Gasteiger partial charge in [0.2, 0.25) is 0 Å². The second-order valence-corrected chi connectivity index (χ2v) is 8.54. The van der Waals surface area contributed by atoms with E-state index in [1.54, 1.807) is 0 Å². The molecule has 0 spiro atoms. The zero-order valence-corrected chi connectivity index (χ0v) is 14.3. The third-order valence-corrected chi connectivity index (χ3v) is 7.60. The van der Waals surface area contributed by atoms with Gasteiger partial charge in [-0.25, -0.2) is 0 Å². The number of likely N-dealkylation sites (tertiary alicyclic amines) is 1. The molecule has 4 atom stereocenters. The number of phenols is 1. The predicted octanol–water partition coefficient (Wildman–Crippen LogP) is 4.00. The number of quaternary nitrogens is 1. The molecule has 0 radical (unpaired) electrons. The van der Waals surface area contributed by atoms with Crippen molar-refractivity contribution in [1.29, 1.82) is 0 Å². The van der Waals surface area contributed by atoms with Gasteiger partial charge in [0.05, 0.1) is 25.7 Å². The lowest BCUT2D eigenvalue weighted by atomic mass is 9.51. The summed E-state index contributed by atoms with van der Waals surface area (Å²) in [5, 5.41) is 10.1. The van der Waals surface area contributed by atoms with E-state index in [1.807, 2.05) is 6.07 Å². The fourth-order valence-corrected chi connectivity index (χ4v) is 6.05. The molecule has 22 heavy (non-hydrogen) atoms. The summed E-state index contributed by atoms with van der Waals surface area (Å²) < 4.78 is 1.24. The minimum Gasteiger partial charge on any atom is -0.508 e. The van der Waals surface area contributed by atoms with E-state index in [1.165, 1.54) is 60.7 Å². The van der Waals surface area contributed by atoms with Crippen LogP contribution in [0.25, 0.3) is 0 Å².